The number of halogens is 1. The van der Waals surface area contributed by atoms with E-state index in [9.17, 15) is 19.2 Å². The summed E-state index contributed by atoms with van der Waals surface area (Å²) < 4.78 is 17.3. The third-order valence-electron chi connectivity index (χ3n) is 6.35. The van der Waals surface area contributed by atoms with Crippen molar-refractivity contribution in [1.82, 2.24) is 5.43 Å². The predicted octanol–water partition coefficient (Wildman–Crippen LogP) is 6.20. The maximum Gasteiger partial charge on any atom is 0.343 e. The lowest BCUT2D eigenvalue weighted by molar-refractivity contribution is -0.136. The van der Waals surface area contributed by atoms with E-state index in [0.717, 1.165) is 17.3 Å². The van der Waals surface area contributed by atoms with Gasteiger partial charge in [0.25, 0.3) is 5.91 Å². The molecule has 4 aromatic carbocycles. The summed E-state index contributed by atoms with van der Waals surface area (Å²) in [5.74, 6) is -2.03. The molecule has 0 radical (unpaired) electrons. The number of hydrogen-bond acceptors (Lipinski definition) is 8. The van der Waals surface area contributed by atoms with Crippen molar-refractivity contribution in [3.63, 3.8) is 0 Å². The van der Waals surface area contributed by atoms with Crippen molar-refractivity contribution in [3.05, 3.63) is 112 Å². The highest BCUT2D eigenvalue weighted by atomic mass is 79.9. The third-order valence-corrected chi connectivity index (χ3v) is 6.88. The number of anilines is 2. The number of nitrogens with one attached hydrogen (secondary N) is 3. The molecule has 4 rings (SSSR count). The SMILES string of the molecule is CCCCOc1ccc(C(=O)Oc2ccc(/C=N/NC(=O)C(=O)Nc3ccccc3C(=O)Nc3ccc(Br)cc3)cc2OC)cc1. The molecular formula is C34H31BrN4O7. The van der Waals surface area contributed by atoms with Crippen LogP contribution in [0.5, 0.6) is 17.2 Å². The minimum atomic E-state index is -1.06. The Morgan fingerprint density at radius 1 is 0.848 bits per heavy atom. The van der Waals surface area contributed by atoms with Gasteiger partial charge in [-0.1, -0.05) is 41.4 Å². The fourth-order valence-corrected chi connectivity index (χ4v) is 4.21. The van der Waals surface area contributed by atoms with Crippen molar-refractivity contribution < 1.29 is 33.4 Å². The monoisotopic (exact) mass is 686 g/mol. The quantitative estimate of drug-likeness (QED) is 0.0402. The lowest BCUT2D eigenvalue weighted by Crippen LogP contribution is -2.33. The zero-order chi connectivity index (χ0) is 32.9. The molecule has 0 saturated carbocycles. The Hall–Kier alpha value is -5.49. The maximum absolute atomic E-state index is 12.8. The van der Waals surface area contributed by atoms with Gasteiger partial charge in [0, 0.05) is 10.2 Å². The number of unbranched alkanes of at least 4 members (excludes halogenated alkanes) is 1. The molecule has 12 heteroatoms. The maximum atomic E-state index is 12.8. The van der Waals surface area contributed by atoms with E-state index >= 15 is 0 Å². The van der Waals surface area contributed by atoms with Crippen LogP contribution in [-0.2, 0) is 9.59 Å². The Labute approximate surface area is 274 Å². The van der Waals surface area contributed by atoms with E-state index in [1.54, 1.807) is 72.8 Å². The van der Waals surface area contributed by atoms with E-state index in [2.05, 4.69) is 44.0 Å². The molecule has 0 aliphatic rings. The average molecular weight is 688 g/mol. The van der Waals surface area contributed by atoms with Gasteiger partial charge in [-0.25, -0.2) is 10.2 Å². The molecule has 0 spiro atoms. The Balaban J connectivity index is 1.32. The number of hydrazone groups is 1. The van der Waals surface area contributed by atoms with Crippen LogP contribution in [0.1, 0.15) is 46.0 Å². The summed E-state index contributed by atoms with van der Waals surface area (Å²) in [7, 11) is 1.42. The molecule has 0 fully saturated rings. The van der Waals surface area contributed by atoms with E-state index < -0.39 is 23.7 Å². The first-order valence-electron chi connectivity index (χ1n) is 14.2. The summed E-state index contributed by atoms with van der Waals surface area (Å²) in [6.07, 6.45) is 3.25. The normalized spacial score (nSPS) is 10.6. The van der Waals surface area contributed by atoms with Gasteiger partial charge in [-0.15, -0.1) is 0 Å². The molecule has 0 unspecified atom stereocenters. The molecule has 236 valence electrons. The van der Waals surface area contributed by atoms with Gasteiger partial charge in [-0.3, -0.25) is 14.4 Å². The highest BCUT2D eigenvalue weighted by Crippen LogP contribution is 2.29. The number of ether oxygens (including phenoxy) is 3. The average Bonchev–Trinajstić information content (AvgIpc) is 3.07. The fourth-order valence-electron chi connectivity index (χ4n) is 3.95. The van der Waals surface area contributed by atoms with Gasteiger partial charge in [-0.2, -0.15) is 5.10 Å². The number of para-hydroxylation sites is 1. The van der Waals surface area contributed by atoms with Crippen LogP contribution in [0.3, 0.4) is 0 Å². The molecule has 0 bridgehead atoms. The van der Waals surface area contributed by atoms with Crippen LogP contribution in [0.15, 0.2) is 101 Å². The van der Waals surface area contributed by atoms with Crippen LogP contribution in [0.25, 0.3) is 0 Å². The van der Waals surface area contributed by atoms with Crippen molar-refractivity contribution >= 4 is 57.2 Å². The number of benzene rings is 4. The molecular weight excluding hydrogens is 656 g/mol. The van der Waals surface area contributed by atoms with Crippen LogP contribution in [-0.4, -0.2) is 43.6 Å². The second-order valence-corrected chi connectivity index (χ2v) is 10.6. The van der Waals surface area contributed by atoms with Gasteiger partial charge in [0.05, 0.1) is 36.7 Å². The standard InChI is InChI=1S/C34H31BrN4O7/c1-3-4-19-45-26-16-10-23(11-17-26)34(43)46-29-18-9-22(20-30(29)44-2)21-36-39-33(42)32(41)38-28-8-6-5-7-27(28)31(40)37-25-14-12-24(35)13-15-25/h5-18,20-21H,3-4,19H2,1-2H3,(H,37,40)(H,38,41)(H,39,42)/b36-21+. The van der Waals surface area contributed by atoms with E-state index in [-0.39, 0.29) is 22.7 Å². The highest BCUT2D eigenvalue weighted by molar-refractivity contribution is 9.10. The molecule has 0 aliphatic heterocycles. The Morgan fingerprint density at radius 3 is 2.30 bits per heavy atom. The molecule has 0 saturated heterocycles. The van der Waals surface area contributed by atoms with Gasteiger partial charge in [0.2, 0.25) is 0 Å². The molecule has 3 amide bonds. The Kier molecular flexibility index (Phi) is 12.0. The van der Waals surface area contributed by atoms with Crippen LogP contribution >= 0.6 is 15.9 Å². The zero-order valence-electron chi connectivity index (χ0n) is 25.0. The summed E-state index contributed by atoms with van der Waals surface area (Å²) in [4.78, 5) is 50.5. The van der Waals surface area contributed by atoms with E-state index in [1.165, 1.54) is 31.5 Å². The Bertz CT molecular complexity index is 1720. The van der Waals surface area contributed by atoms with Crippen molar-refractivity contribution in [3.8, 4) is 17.2 Å². The van der Waals surface area contributed by atoms with Gasteiger partial charge < -0.3 is 24.8 Å². The van der Waals surface area contributed by atoms with E-state index in [1.807, 2.05) is 0 Å². The summed E-state index contributed by atoms with van der Waals surface area (Å²) in [5.41, 5.74) is 3.84. The van der Waals surface area contributed by atoms with Crippen LogP contribution < -0.4 is 30.3 Å². The van der Waals surface area contributed by atoms with Crippen molar-refractivity contribution in [1.29, 1.82) is 0 Å². The fraction of sp³-hybridized carbons (Fsp3) is 0.147. The molecule has 0 aromatic heterocycles. The Morgan fingerprint density at radius 2 is 1.59 bits per heavy atom. The number of carbonyl (C=O) groups is 4. The van der Waals surface area contributed by atoms with E-state index in [4.69, 9.17) is 14.2 Å². The summed E-state index contributed by atoms with van der Waals surface area (Å²) in [6, 6.07) is 24.6. The number of carbonyl (C=O) groups excluding carboxylic acids is 4. The minimum Gasteiger partial charge on any atom is -0.494 e. The van der Waals surface area contributed by atoms with Crippen molar-refractivity contribution in [2.45, 2.75) is 19.8 Å². The highest BCUT2D eigenvalue weighted by Gasteiger charge is 2.18. The number of hydrogen-bond donors (Lipinski definition) is 3. The lowest BCUT2D eigenvalue weighted by Gasteiger charge is -2.11. The summed E-state index contributed by atoms with van der Waals surface area (Å²) in [5, 5.41) is 9.01. The van der Waals surface area contributed by atoms with Crippen molar-refractivity contribution in [2.75, 3.05) is 24.4 Å². The molecule has 0 heterocycles. The van der Waals surface area contributed by atoms with Gasteiger partial charge in [-0.05, 0) is 90.8 Å². The number of esters is 1. The topological polar surface area (TPSA) is 144 Å². The largest absolute Gasteiger partial charge is 0.494 e. The van der Waals surface area contributed by atoms with Crippen LogP contribution in [0, 0.1) is 0 Å². The smallest absolute Gasteiger partial charge is 0.343 e. The molecule has 46 heavy (non-hydrogen) atoms. The van der Waals surface area contributed by atoms with Crippen molar-refractivity contribution in [2.24, 2.45) is 5.10 Å². The minimum absolute atomic E-state index is 0.146. The third kappa shape index (κ3) is 9.50. The summed E-state index contributed by atoms with van der Waals surface area (Å²) in [6.45, 7) is 2.68. The molecule has 0 atom stereocenters. The summed E-state index contributed by atoms with van der Waals surface area (Å²) >= 11 is 3.34. The second-order valence-electron chi connectivity index (χ2n) is 9.69. The van der Waals surface area contributed by atoms with Crippen LogP contribution in [0.2, 0.25) is 0 Å². The number of nitrogens with zero attached hydrogens (tertiary/aromatic N) is 1. The molecule has 3 N–H and O–H groups in total. The second kappa shape index (κ2) is 16.5. The van der Waals surface area contributed by atoms with Gasteiger partial charge >= 0.3 is 17.8 Å². The first-order valence-corrected chi connectivity index (χ1v) is 15.0. The van der Waals surface area contributed by atoms with Gasteiger partial charge in [0.1, 0.15) is 5.75 Å². The molecule has 11 nitrogen and oxygen atoms in total. The van der Waals surface area contributed by atoms with Crippen LogP contribution in [0.4, 0.5) is 11.4 Å². The zero-order valence-corrected chi connectivity index (χ0v) is 26.6. The first-order chi connectivity index (χ1) is 22.3. The number of rotatable bonds is 12. The number of amides is 3. The lowest BCUT2D eigenvalue weighted by atomic mass is 10.1. The number of methoxy groups -OCH3 is 1. The first kappa shape index (κ1) is 33.4. The predicted molar refractivity (Wildman–Crippen MR) is 178 cm³/mol. The van der Waals surface area contributed by atoms with Gasteiger partial charge in [0.15, 0.2) is 11.5 Å². The molecule has 0 aliphatic carbocycles. The molecule has 4 aromatic rings. The van der Waals surface area contributed by atoms with E-state index in [0.29, 0.717) is 29.2 Å².